The molecule has 0 bridgehead atoms. The fourth-order valence-electron chi connectivity index (χ4n) is 3.03. The second-order valence-corrected chi connectivity index (χ2v) is 9.03. The van der Waals surface area contributed by atoms with E-state index in [1.807, 2.05) is 4.57 Å². The Bertz CT molecular complexity index is 968. The average Bonchev–Trinajstić information content (AvgIpc) is 3.43. The predicted octanol–water partition coefficient (Wildman–Crippen LogP) is 4.95. The first-order chi connectivity index (χ1) is 13.6. The number of carbonyl (C=O) groups excluding carboxylic acids is 1. The van der Waals surface area contributed by atoms with E-state index in [0.29, 0.717) is 26.7 Å². The van der Waals surface area contributed by atoms with Gasteiger partial charge in [-0.15, -0.1) is 21.5 Å². The van der Waals surface area contributed by atoms with E-state index in [-0.39, 0.29) is 23.5 Å². The number of thioether (sulfide) groups is 1. The third-order valence-electron chi connectivity index (χ3n) is 4.41. The first kappa shape index (κ1) is 19.6. The standard InChI is InChI=1S/C19H17ClFN3O2S2/c20-17-8-7-16(28-17)15(25)11-27-19-23-22-18(12-3-5-13(21)6-4-12)24(19)10-14-2-1-9-26-14/h3-8,14H,1-2,9-11H2. The molecule has 28 heavy (non-hydrogen) atoms. The molecule has 1 aliphatic heterocycles. The monoisotopic (exact) mass is 437 g/mol. The predicted molar refractivity (Wildman–Crippen MR) is 109 cm³/mol. The number of Topliss-reactive ketones (excluding diaryl/α,β-unsaturated/α-hetero) is 1. The van der Waals surface area contributed by atoms with E-state index in [1.165, 1.54) is 35.2 Å². The van der Waals surface area contributed by atoms with Gasteiger partial charge in [0.05, 0.1) is 27.6 Å². The molecule has 1 atom stereocenters. The molecule has 2 aromatic heterocycles. The molecule has 5 nitrogen and oxygen atoms in total. The maximum atomic E-state index is 13.3. The van der Waals surface area contributed by atoms with Gasteiger partial charge in [0.1, 0.15) is 5.82 Å². The molecule has 3 aromatic rings. The van der Waals surface area contributed by atoms with Crippen LogP contribution in [-0.2, 0) is 11.3 Å². The third kappa shape index (κ3) is 4.46. The number of ketones is 1. The van der Waals surface area contributed by atoms with Crippen LogP contribution in [0.1, 0.15) is 22.5 Å². The summed E-state index contributed by atoms with van der Waals surface area (Å²) in [4.78, 5) is 13.0. The van der Waals surface area contributed by atoms with Crippen LogP contribution < -0.4 is 0 Å². The van der Waals surface area contributed by atoms with Gasteiger partial charge in [-0.05, 0) is 49.2 Å². The molecule has 0 amide bonds. The van der Waals surface area contributed by atoms with Crippen LogP contribution in [0.15, 0.2) is 41.6 Å². The second-order valence-electron chi connectivity index (χ2n) is 6.37. The quantitative estimate of drug-likeness (QED) is 0.386. The van der Waals surface area contributed by atoms with E-state index < -0.39 is 0 Å². The summed E-state index contributed by atoms with van der Waals surface area (Å²) in [5.41, 5.74) is 0.773. The lowest BCUT2D eigenvalue weighted by atomic mass is 10.2. The molecule has 0 N–H and O–H groups in total. The summed E-state index contributed by atoms with van der Waals surface area (Å²) in [6.07, 6.45) is 2.08. The lowest BCUT2D eigenvalue weighted by molar-refractivity contribution is 0.0953. The van der Waals surface area contributed by atoms with Crippen LogP contribution in [0.2, 0.25) is 4.34 Å². The van der Waals surface area contributed by atoms with Gasteiger partial charge in [-0.1, -0.05) is 23.4 Å². The zero-order valence-corrected chi connectivity index (χ0v) is 17.2. The maximum Gasteiger partial charge on any atom is 0.192 e. The van der Waals surface area contributed by atoms with Crippen molar-refractivity contribution in [3.05, 3.63) is 51.4 Å². The number of aromatic nitrogens is 3. The molecule has 0 aliphatic carbocycles. The van der Waals surface area contributed by atoms with E-state index in [2.05, 4.69) is 10.2 Å². The molecule has 1 unspecified atom stereocenters. The minimum atomic E-state index is -0.302. The highest BCUT2D eigenvalue weighted by Gasteiger charge is 2.22. The topological polar surface area (TPSA) is 57.0 Å². The van der Waals surface area contributed by atoms with Crippen molar-refractivity contribution >= 4 is 40.5 Å². The Hall–Kier alpha value is -1.74. The number of benzene rings is 1. The lowest BCUT2D eigenvalue weighted by Crippen LogP contribution is -2.17. The highest BCUT2D eigenvalue weighted by atomic mass is 35.5. The van der Waals surface area contributed by atoms with E-state index in [1.54, 1.807) is 24.3 Å². The van der Waals surface area contributed by atoms with Crippen molar-refractivity contribution in [2.24, 2.45) is 0 Å². The molecule has 0 radical (unpaired) electrons. The van der Waals surface area contributed by atoms with Crippen molar-refractivity contribution in [1.29, 1.82) is 0 Å². The molecule has 1 aromatic carbocycles. The molecule has 0 saturated carbocycles. The van der Waals surface area contributed by atoms with Crippen molar-refractivity contribution in [2.45, 2.75) is 30.6 Å². The Balaban J connectivity index is 1.56. The van der Waals surface area contributed by atoms with Gasteiger partial charge in [0.25, 0.3) is 0 Å². The maximum absolute atomic E-state index is 13.3. The molecule has 146 valence electrons. The van der Waals surface area contributed by atoms with E-state index in [4.69, 9.17) is 16.3 Å². The number of ether oxygens (including phenoxy) is 1. The van der Waals surface area contributed by atoms with Gasteiger partial charge in [-0.3, -0.25) is 9.36 Å². The molecule has 1 saturated heterocycles. The van der Waals surface area contributed by atoms with Crippen LogP contribution in [0.3, 0.4) is 0 Å². The molecule has 1 fully saturated rings. The van der Waals surface area contributed by atoms with Crippen LogP contribution >= 0.6 is 34.7 Å². The molecule has 1 aliphatic rings. The van der Waals surface area contributed by atoms with Crippen LogP contribution in [0, 0.1) is 5.82 Å². The zero-order valence-electron chi connectivity index (χ0n) is 14.8. The van der Waals surface area contributed by atoms with Gasteiger partial charge >= 0.3 is 0 Å². The van der Waals surface area contributed by atoms with Crippen molar-refractivity contribution < 1.29 is 13.9 Å². The first-order valence-electron chi connectivity index (χ1n) is 8.82. The third-order valence-corrected chi connectivity index (χ3v) is 6.65. The first-order valence-corrected chi connectivity index (χ1v) is 11.0. The molecular weight excluding hydrogens is 421 g/mol. The lowest BCUT2D eigenvalue weighted by Gasteiger charge is -2.14. The smallest absolute Gasteiger partial charge is 0.192 e. The summed E-state index contributed by atoms with van der Waals surface area (Å²) in [5.74, 6) is 0.578. The van der Waals surface area contributed by atoms with Gasteiger partial charge in [-0.2, -0.15) is 0 Å². The molecule has 4 rings (SSSR count). The SMILES string of the molecule is O=C(CSc1nnc(-c2ccc(F)cc2)n1CC1CCCO1)c1ccc(Cl)s1. The van der Waals surface area contributed by atoms with Gasteiger partial charge in [0.15, 0.2) is 16.8 Å². The summed E-state index contributed by atoms with van der Waals surface area (Å²) in [6, 6.07) is 9.61. The number of hydrogen-bond donors (Lipinski definition) is 0. The number of hydrogen-bond acceptors (Lipinski definition) is 6. The Morgan fingerprint density at radius 1 is 1.29 bits per heavy atom. The van der Waals surface area contributed by atoms with E-state index >= 15 is 0 Å². The number of thiophene rings is 1. The highest BCUT2D eigenvalue weighted by Crippen LogP contribution is 2.28. The van der Waals surface area contributed by atoms with Crippen LogP contribution in [-0.4, -0.2) is 39.0 Å². The molecular formula is C19H17ClFN3O2S2. The Morgan fingerprint density at radius 2 is 2.11 bits per heavy atom. The Morgan fingerprint density at radius 3 is 2.79 bits per heavy atom. The fourth-order valence-corrected chi connectivity index (χ4v) is 4.93. The van der Waals surface area contributed by atoms with Crippen LogP contribution in [0.25, 0.3) is 11.4 Å². The average molecular weight is 438 g/mol. The van der Waals surface area contributed by atoms with Crippen molar-refractivity contribution in [3.63, 3.8) is 0 Å². The number of halogens is 2. The van der Waals surface area contributed by atoms with Gasteiger partial charge in [0, 0.05) is 12.2 Å². The molecule has 0 spiro atoms. The second kappa shape index (κ2) is 8.73. The van der Waals surface area contributed by atoms with Crippen LogP contribution in [0.4, 0.5) is 4.39 Å². The Kier molecular flexibility index (Phi) is 6.10. The minimum Gasteiger partial charge on any atom is -0.376 e. The molecule has 3 heterocycles. The fraction of sp³-hybridized carbons (Fsp3) is 0.316. The zero-order chi connectivity index (χ0) is 19.5. The summed E-state index contributed by atoms with van der Waals surface area (Å²) in [5, 5.41) is 9.22. The van der Waals surface area contributed by atoms with Gasteiger partial charge in [-0.25, -0.2) is 4.39 Å². The summed E-state index contributed by atoms with van der Waals surface area (Å²) in [6.45, 7) is 1.35. The normalized spacial score (nSPS) is 16.6. The highest BCUT2D eigenvalue weighted by molar-refractivity contribution is 7.99. The van der Waals surface area contributed by atoms with E-state index in [9.17, 15) is 9.18 Å². The van der Waals surface area contributed by atoms with Crippen molar-refractivity contribution in [1.82, 2.24) is 14.8 Å². The minimum absolute atomic E-state index is 0.00287. The summed E-state index contributed by atoms with van der Waals surface area (Å²) < 4.78 is 21.6. The summed E-state index contributed by atoms with van der Waals surface area (Å²) in [7, 11) is 0. The number of carbonyl (C=O) groups is 1. The van der Waals surface area contributed by atoms with E-state index in [0.717, 1.165) is 25.0 Å². The number of rotatable bonds is 7. The largest absolute Gasteiger partial charge is 0.376 e. The van der Waals surface area contributed by atoms with Crippen LogP contribution in [0.5, 0.6) is 0 Å². The van der Waals surface area contributed by atoms with Gasteiger partial charge in [0.2, 0.25) is 0 Å². The molecule has 9 heteroatoms. The van der Waals surface area contributed by atoms with Crippen molar-refractivity contribution in [3.8, 4) is 11.4 Å². The van der Waals surface area contributed by atoms with Gasteiger partial charge < -0.3 is 4.74 Å². The Labute approximate surface area is 174 Å². The number of nitrogens with zero attached hydrogens (tertiary/aromatic N) is 3. The summed E-state index contributed by atoms with van der Waals surface area (Å²) >= 11 is 8.52. The van der Waals surface area contributed by atoms with Crippen molar-refractivity contribution in [2.75, 3.05) is 12.4 Å².